The van der Waals surface area contributed by atoms with E-state index < -0.39 is 22.0 Å². The Labute approximate surface area is 119 Å². The summed E-state index contributed by atoms with van der Waals surface area (Å²) in [5.74, 6) is -0.616. The summed E-state index contributed by atoms with van der Waals surface area (Å²) in [4.78, 5) is 11.6. The van der Waals surface area contributed by atoms with E-state index in [-0.39, 0.29) is 11.5 Å². The molecule has 7 heteroatoms. The van der Waals surface area contributed by atoms with Crippen LogP contribution < -0.4 is 10.5 Å². The van der Waals surface area contributed by atoms with Crippen LogP contribution in [0.15, 0.2) is 17.0 Å². The molecule has 0 spiro atoms. The molecular formula is C13H20N2O4S. The van der Waals surface area contributed by atoms with Crippen LogP contribution in [0.25, 0.3) is 0 Å². The number of sulfonamides is 1. The molecule has 6 nitrogen and oxygen atoms in total. The van der Waals surface area contributed by atoms with Gasteiger partial charge in [0.2, 0.25) is 10.0 Å². The lowest BCUT2D eigenvalue weighted by atomic mass is 10.1. The molecule has 0 amide bonds. The highest BCUT2D eigenvalue weighted by atomic mass is 32.2. The zero-order valence-electron chi connectivity index (χ0n) is 12.1. The molecule has 1 atom stereocenters. The first-order chi connectivity index (χ1) is 9.19. The lowest BCUT2D eigenvalue weighted by molar-refractivity contribution is -0.144. The third-order valence-corrected chi connectivity index (χ3v) is 4.57. The predicted octanol–water partition coefficient (Wildman–Crippen LogP) is 1.12. The van der Waals surface area contributed by atoms with Gasteiger partial charge in [0.1, 0.15) is 6.04 Å². The lowest BCUT2D eigenvalue weighted by Gasteiger charge is -2.15. The Morgan fingerprint density at radius 3 is 2.55 bits per heavy atom. The zero-order chi connectivity index (χ0) is 15.5. The summed E-state index contributed by atoms with van der Waals surface area (Å²) >= 11 is 0. The Morgan fingerprint density at radius 1 is 1.40 bits per heavy atom. The molecule has 0 fully saturated rings. The van der Waals surface area contributed by atoms with Crippen LogP contribution in [0.3, 0.4) is 0 Å². The van der Waals surface area contributed by atoms with Gasteiger partial charge in [-0.05, 0) is 51.0 Å². The van der Waals surface area contributed by atoms with Crippen LogP contribution in [-0.4, -0.2) is 27.0 Å². The van der Waals surface area contributed by atoms with Gasteiger partial charge in [0, 0.05) is 5.69 Å². The highest BCUT2D eigenvalue weighted by Crippen LogP contribution is 2.22. The highest BCUT2D eigenvalue weighted by Gasteiger charge is 2.25. The Balaban J connectivity index is 3.09. The van der Waals surface area contributed by atoms with E-state index in [2.05, 4.69) is 4.72 Å². The van der Waals surface area contributed by atoms with Crippen molar-refractivity contribution in [1.29, 1.82) is 0 Å². The fraction of sp³-hybridized carbons (Fsp3) is 0.462. The summed E-state index contributed by atoms with van der Waals surface area (Å²) in [5.41, 5.74) is 7.41. The van der Waals surface area contributed by atoms with Crippen molar-refractivity contribution in [3.63, 3.8) is 0 Å². The molecule has 0 radical (unpaired) electrons. The minimum absolute atomic E-state index is 0.0751. The van der Waals surface area contributed by atoms with Crippen LogP contribution in [-0.2, 0) is 19.6 Å². The number of rotatable bonds is 5. The quantitative estimate of drug-likeness (QED) is 0.627. The van der Waals surface area contributed by atoms with Gasteiger partial charge in [0.25, 0.3) is 0 Å². The van der Waals surface area contributed by atoms with Crippen LogP contribution in [0.5, 0.6) is 0 Å². The minimum atomic E-state index is -3.83. The number of nitrogens with two attached hydrogens (primary N) is 1. The first kappa shape index (κ1) is 16.5. The molecule has 0 aromatic heterocycles. The normalized spacial score (nSPS) is 13.0. The van der Waals surface area contributed by atoms with Crippen molar-refractivity contribution < 1.29 is 17.9 Å². The first-order valence-electron chi connectivity index (χ1n) is 6.24. The molecule has 0 bridgehead atoms. The molecule has 0 heterocycles. The van der Waals surface area contributed by atoms with Gasteiger partial charge in [-0.15, -0.1) is 0 Å². The number of aryl methyl sites for hydroxylation is 1. The van der Waals surface area contributed by atoms with Crippen molar-refractivity contribution in [2.45, 2.75) is 38.6 Å². The molecule has 1 unspecified atom stereocenters. The number of hydrogen-bond acceptors (Lipinski definition) is 5. The van der Waals surface area contributed by atoms with Gasteiger partial charge >= 0.3 is 5.97 Å². The maximum Gasteiger partial charge on any atom is 0.323 e. The largest absolute Gasteiger partial charge is 0.465 e. The molecule has 112 valence electrons. The van der Waals surface area contributed by atoms with Crippen molar-refractivity contribution in [3.8, 4) is 0 Å². The van der Waals surface area contributed by atoms with E-state index in [0.29, 0.717) is 11.3 Å². The van der Waals surface area contributed by atoms with E-state index in [1.54, 1.807) is 26.8 Å². The molecule has 0 saturated carbocycles. The van der Waals surface area contributed by atoms with Gasteiger partial charge in [0.15, 0.2) is 0 Å². The molecule has 0 aliphatic rings. The summed E-state index contributed by atoms with van der Waals surface area (Å²) in [6, 6.07) is 2.12. The molecule has 1 aromatic carbocycles. The van der Waals surface area contributed by atoms with Gasteiger partial charge in [-0.2, -0.15) is 4.72 Å². The molecule has 1 rings (SSSR count). The van der Waals surface area contributed by atoms with Crippen LogP contribution in [0.2, 0.25) is 0 Å². The maximum atomic E-state index is 12.3. The van der Waals surface area contributed by atoms with Gasteiger partial charge in [-0.1, -0.05) is 0 Å². The maximum absolute atomic E-state index is 12.3. The molecule has 0 saturated heterocycles. The SMILES string of the molecule is CCOC(=O)C(C)NS(=O)(=O)c1cc(N)cc(C)c1C. The average molecular weight is 300 g/mol. The van der Waals surface area contributed by atoms with Crippen LogP contribution >= 0.6 is 0 Å². The number of esters is 1. The molecule has 0 aliphatic carbocycles. The molecule has 1 aromatic rings. The second-order valence-corrected chi connectivity index (χ2v) is 6.24. The lowest BCUT2D eigenvalue weighted by Crippen LogP contribution is -2.39. The summed E-state index contributed by atoms with van der Waals surface area (Å²) in [5, 5.41) is 0. The van der Waals surface area contributed by atoms with Crippen molar-refractivity contribution in [2.24, 2.45) is 0 Å². The van der Waals surface area contributed by atoms with Crippen molar-refractivity contribution in [2.75, 3.05) is 12.3 Å². The van der Waals surface area contributed by atoms with Gasteiger partial charge in [0.05, 0.1) is 11.5 Å². The smallest absolute Gasteiger partial charge is 0.323 e. The summed E-state index contributed by atoms with van der Waals surface area (Å²) in [6.07, 6.45) is 0. The van der Waals surface area contributed by atoms with Crippen molar-refractivity contribution in [3.05, 3.63) is 23.3 Å². The van der Waals surface area contributed by atoms with E-state index >= 15 is 0 Å². The summed E-state index contributed by atoms with van der Waals surface area (Å²) in [6.45, 7) is 6.76. The monoisotopic (exact) mass is 300 g/mol. The number of hydrogen-bond donors (Lipinski definition) is 2. The topological polar surface area (TPSA) is 98.5 Å². The van der Waals surface area contributed by atoms with Crippen molar-refractivity contribution >= 4 is 21.7 Å². The first-order valence-corrected chi connectivity index (χ1v) is 7.73. The fourth-order valence-electron chi connectivity index (χ4n) is 1.74. The van der Waals surface area contributed by atoms with E-state index in [0.717, 1.165) is 5.56 Å². The Morgan fingerprint density at radius 2 is 2.00 bits per heavy atom. The standard InChI is InChI=1S/C13H20N2O4S/c1-5-19-13(16)10(4)15-20(17,18)12-7-11(14)6-8(2)9(12)3/h6-7,10,15H,5,14H2,1-4H3. The second kappa shape index (κ2) is 6.23. The zero-order valence-corrected chi connectivity index (χ0v) is 12.9. The van der Waals surface area contributed by atoms with Gasteiger partial charge in [-0.25, -0.2) is 8.42 Å². The number of nitrogen functional groups attached to an aromatic ring is 1. The fourth-order valence-corrected chi connectivity index (χ4v) is 3.29. The van der Waals surface area contributed by atoms with E-state index in [4.69, 9.17) is 10.5 Å². The molecule has 20 heavy (non-hydrogen) atoms. The van der Waals surface area contributed by atoms with Gasteiger partial charge in [-0.3, -0.25) is 4.79 Å². The van der Waals surface area contributed by atoms with Crippen LogP contribution in [0.1, 0.15) is 25.0 Å². The number of carbonyl (C=O) groups is 1. The van der Waals surface area contributed by atoms with Crippen LogP contribution in [0.4, 0.5) is 5.69 Å². The molecule has 0 aliphatic heterocycles. The second-order valence-electron chi connectivity index (χ2n) is 4.56. The van der Waals surface area contributed by atoms with E-state index in [9.17, 15) is 13.2 Å². The number of nitrogens with one attached hydrogen (secondary N) is 1. The van der Waals surface area contributed by atoms with Gasteiger partial charge < -0.3 is 10.5 Å². The van der Waals surface area contributed by atoms with E-state index in [1.807, 2.05) is 0 Å². The van der Waals surface area contributed by atoms with E-state index in [1.165, 1.54) is 13.0 Å². The van der Waals surface area contributed by atoms with Crippen molar-refractivity contribution in [1.82, 2.24) is 4.72 Å². The molecular weight excluding hydrogens is 280 g/mol. The number of ether oxygens (including phenoxy) is 1. The third kappa shape index (κ3) is 3.71. The minimum Gasteiger partial charge on any atom is -0.465 e. The number of benzene rings is 1. The number of carbonyl (C=O) groups excluding carboxylic acids is 1. The number of anilines is 1. The Hall–Kier alpha value is -1.60. The van der Waals surface area contributed by atoms with Crippen LogP contribution in [0, 0.1) is 13.8 Å². The average Bonchev–Trinajstić information content (AvgIpc) is 2.33. The molecule has 3 N–H and O–H groups in total. The predicted molar refractivity (Wildman–Crippen MR) is 76.7 cm³/mol. The Bertz CT molecular complexity index is 611. The summed E-state index contributed by atoms with van der Waals surface area (Å²) < 4.78 is 31.7. The summed E-state index contributed by atoms with van der Waals surface area (Å²) in [7, 11) is -3.83. The third-order valence-electron chi connectivity index (χ3n) is 2.90. The highest BCUT2D eigenvalue weighted by molar-refractivity contribution is 7.89. The Kier molecular flexibility index (Phi) is 5.13.